The Balaban J connectivity index is 2.81. The summed E-state index contributed by atoms with van der Waals surface area (Å²) >= 11 is 0. The van der Waals surface area contributed by atoms with Gasteiger partial charge in [-0.15, -0.1) is 0 Å². The van der Waals surface area contributed by atoms with Gasteiger partial charge in [-0.05, 0) is 25.0 Å². The zero-order valence-corrected chi connectivity index (χ0v) is 19.7. The van der Waals surface area contributed by atoms with Gasteiger partial charge in [-0.1, -0.05) is 109 Å². The molecule has 160 valence electrons. The molecule has 1 aromatic rings. The number of hydrogen-bond donors (Lipinski definition) is 1. The first kappa shape index (κ1) is 25.5. The molecule has 0 aromatic heterocycles. The molecule has 0 spiro atoms. The molecule has 0 aliphatic heterocycles. The highest BCUT2D eigenvalue weighted by Gasteiger charge is 2.48. The number of unbranched alkanes of at least 4 members (excludes halogenated alkanes) is 10. The molecule has 1 N–H and O–H groups in total. The molecule has 0 radical (unpaired) electrons. The first-order valence-electron chi connectivity index (χ1n) is 11.3. The van der Waals surface area contributed by atoms with Gasteiger partial charge in [0.2, 0.25) is 7.37 Å². The van der Waals surface area contributed by atoms with Crippen molar-refractivity contribution in [2.45, 2.75) is 109 Å². The largest absolute Gasteiger partial charge is 0.340 e. The van der Waals surface area contributed by atoms with Crippen molar-refractivity contribution in [3.63, 3.8) is 0 Å². The van der Waals surface area contributed by atoms with Crippen LogP contribution in [-0.2, 0) is 9.13 Å². The Bertz CT molecular complexity index is 558. The lowest BCUT2D eigenvalue weighted by Crippen LogP contribution is -2.28. The molecule has 3 nitrogen and oxygen atoms in total. The van der Waals surface area contributed by atoms with Crippen molar-refractivity contribution in [3.05, 3.63) is 30.3 Å². The van der Waals surface area contributed by atoms with E-state index in [0.29, 0.717) is 18.1 Å². The van der Waals surface area contributed by atoms with Crippen LogP contribution in [0.25, 0.3) is 0 Å². The van der Waals surface area contributed by atoms with E-state index in [1.54, 1.807) is 24.3 Å². The average Bonchev–Trinajstić information content (AvgIpc) is 2.72. The van der Waals surface area contributed by atoms with Crippen molar-refractivity contribution in [2.24, 2.45) is 0 Å². The second-order valence-corrected chi connectivity index (χ2v) is 11.9. The molecule has 5 heteroatoms. The van der Waals surface area contributed by atoms with E-state index in [4.69, 9.17) is 0 Å². The molecule has 0 saturated heterocycles. The van der Waals surface area contributed by atoms with Crippen molar-refractivity contribution >= 4 is 21.1 Å². The molecule has 0 fully saturated rings. The molecule has 0 amide bonds. The summed E-state index contributed by atoms with van der Waals surface area (Å²) in [5.41, 5.74) is 0. The topological polar surface area (TPSA) is 54.4 Å². The maximum Gasteiger partial charge on any atom is 0.246 e. The van der Waals surface area contributed by atoms with E-state index in [1.807, 2.05) is 6.07 Å². The summed E-state index contributed by atoms with van der Waals surface area (Å²) in [6.07, 6.45) is 14.6. The van der Waals surface area contributed by atoms with Gasteiger partial charge < -0.3 is 4.89 Å². The zero-order valence-electron chi connectivity index (χ0n) is 17.9. The first-order valence-corrected chi connectivity index (χ1v) is 13.7. The molecule has 1 atom stereocenters. The first-order chi connectivity index (χ1) is 13.5. The van der Waals surface area contributed by atoms with Gasteiger partial charge in [0.15, 0.2) is 8.46 Å². The van der Waals surface area contributed by atoms with Gasteiger partial charge in [-0.2, -0.15) is 0 Å². The summed E-state index contributed by atoms with van der Waals surface area (Å²) in [5.74, 6) is 0. The SMILES string of the molecule is CCCCCCCCC(CCCCCCCC)(P=O)P(=O)(O)c1ccccc1. The van der Waals surface area contributed by atoms with E-state index in [2.05, 4.69) is 13.8 Å². The van der Waals surface area contributed by atoms with E-state index in [0.717, 1.165) is 38.5 Å². The van der Waals surface area contributed by atoms with Gasteiger partial charge in [0.25, 0.3) is 0 Å². The lowest BCUT2D eigenvalue weighted by Gasteiger charge is -2.32. The minimum atomic E-state index is -3.73. The summed E-state index contributed by atoms with van der Waals surface area (Å²) in [7, 11) is -3.91. The average molecular weight is 427 g/mol. The highest BCUT2D eigenvalue weighted by atomic mass is 31.2. The summed E-state index contributed by atoms with van der Waals surface area (Å²) in [5, 5.41) is 0.440. The zero-order chi connectivity index (χ0) is 20.7. The normalized spacial score (nSPS) is 14.2. The fourth-order valence-corrected chi connectivity index (χ4v) is 7.09. The fourth-order valence-electron chi connectivity index (χ4n) is 3.82. The Hall–Kier alpha value is -0.490. The summed E-state index contributed by atoms with van der Waals surface area (Å²) in [4.78, 5) is 10.1. The van der Waals surface area contributed by atoms with Crippen molar-refractivity contribution in [3.8, 4) is 0 Å². The lowest BCUT2D eigenvalue weighted by atomic mass is 10.0. The predicted octanol–water partition coefficient (Wildman–Crippen LogP) is 8.07. The van der Waals surface area contributed by atoms with Gasteiger partial charge in [-0.3, -0.25) is 9.13 Å². The third-order valence-corrected chi connectivity index (χ3v) is 10.1. The second kappa shape index (κ2) is 14.5. The van der Waals surface area contributed by atoms with Crippen LogP contribution in [0.1, 0.15) is 104 Å². The Kier molecular flexibility index (Phi) is 13.2. The Morgan fingerprint density at radius 2 is 1.21 bits per heavy atom. The number of rotatable bonds is 17. The second-order valence-electron chi connectivity index (χ2n) is 8.02. The standard InChI is InChI=1S/C23H40O3P2/c1-3-5-7-9-11-16-20-23(27-24,21-17-12-10-8-6-4-2)28(25,26)22-18-14-13-15-19-22/h13-15,18-19H,3-12,16-17,20-21H2,1-2H3,(H,25,26). The van der Waals surface area contributed by atoms with E-state index < -0.39 is 12.3 Å². The maximum absolute atomic E-state index is 13.5. The van der Waals surface area contributed by atoms with E-state index in [-0.39, 0.29) is 8.46 Å². The monoisotopic (exact) mass is 426 g/mol. The van der Waals surface area contributed by atoms with Crippen LogP contribution in [-0.4, -0.2) is 9.79 Å². The van der Waals surface area contributed by atoms with Crippen molar-refractivity contribution in [1.29, 1.82) is 0 Å². The van der Waals surface area contributed by atoms with Crippen LogP contribution < -0.4 is 5.30 Å². The van der Waals surface area contributed by atoms with Crippen LogP contribution in [0, 0.1) is 0 Å². The van der Waals surface area contributed by atoms with Crippen LogP contribution >= 0.6 is 15.8 Å². The maximum atomic E-state index is 13.5. The Morgan fingerprint density at radius 1 is 0.786 bits per heavy atom. The van der Waals surface area contributed by atoms with Crippen molar-refractivity contribution in [1.82, 2.24) is 0 Å². The minimum absolute atomic E-state index is 0.175. The third kappa shape index (κ3) is 8.10. The Morgan fingerprint density at radius 3 is 1.64 bits per heavy atom. The van der Waals surface area contributed by atoms with Crippen LogP contribution in [0.4, 0.5) is 0 Å². The quantitative estimate of drug-likeness (QED) is 0.202. The smallest absolute Gasteiger partial charge is 0.246 e. The highest BCUT2D eigenvalue weighted by molar-refractivity contribution is 7.74. The van der Waals surface area contributed by atoms with Gasteiger partial charge in [0.1, 0.15) is 4.90 Å². The third-order valence-electron chi connectivity index (χ3n) is 5.70. The van der Waals surface area contributed by atoms with Crippen LogP contribution in [0.5, 0.6) is 0 Å². The highest BCUT2D eigenvalue weighted by Crippen LogP contribution is 2.63. The van der Waals surface area contributed by atoms with Crippen LogP contribution in [0.3, 0.4) is 0 Å². The van der Waals surface area contributed by atoms with Crippen LogP contribution in [0.2, 0.25) is 0 Å². The molecule has 1 unspecified atom stereocenters. The summed E-state index contributed by atoms with van der Waals surface area (Å²) in [6, 6.07) is 8.86. The van der Waals surface area contributed by atoms with E-state index in [1.165, 1.54) is 38.5 Å². The molecular weight excluding hydrogens is 386 g/mol. The van der Waals surface area contributed by atoms with Crippen LogP contribution in [0.15, 0.2) is 30.3 Å². The van der Waals surface area contributed by atoms with Crippen molar-refractivity contribution in [2.75, 3.05) is 0 Å². The molecule has 0 aliphatic rings. The molecule has 0 bridgehead atoms. The van der Waals surface area contributed by atoms with E-state index >= 15 is 0 Å². The molecule has 0 saturated carbocycles. The van der Waals surface area contributed by atoms with E-state index in [9.17, 15) is 14.0 Å². The molecule has 1 rings (SSSR count). The lowest BCUT2D eigenvalue weighted by molar-refractivity contribution is 0.428. The minimum Gasteiger partial charge on any atom is -0.340 e. The fraction of sp³-hybridized carbons (Fsp3) is 0.739. The molecular formula is C23H40O3P2. The molecule has 0 heterocycles. The van der Waals surface area contributed by atoms with Crippen molar-refractivity contribution < 1.29 is 14.0 Å². The molecule has 1 aromatic carbocycles. The summed E-state index contributed by atoms with van der Waals surface area (Å²) < 4.78 is 25.9. The van der Waals surface area contributed by atoms with Gasteiger partial charge in [0.05, 0.1) is 0 Å². The Labute approximate surface area is 174 Å². The number of benzene rings is 1. The molecule has 0 aliphatic carbocycles. The number of hydrogen-bond acceptors (Lipinski definition) is 2. The van der Waals surface area contributed by atoms with Gasteiger partial charge in [0, 0.05) is 5.30 Å². The summed E-state index contributed by atoms with van der Waals surface area (Å²) in [6.45, 7) is 4.40. The van der Waals surface area contributed by atoms with Gasteiger partial charge >= 0.3 is 0 Å². The van der Waals surface area contributed by atoms with Gasteiger partial charge in [-0.25, -0.2) is 0 Å². The molecule has 28 heavy (non-hydrogen) atoms. The predicted molar refractivity (Wildman–Crippen MR) is 122 cm³/mol.